The highest BCUT2D eigenvalue weighted by Gasteiger charge is 2.18. The van der Waals surface area contributed by atoms with E-state index in [4.69, 9.17) is 9.47 Å². The number of rotatable bonds is 4. The van der Waals surface area contributed by atoms with Crippen LogP contribution in [0.25, 0.3) is 0 Å². The lowest BCUT2D eigenvalue weighted by molar-refractivity contribution is 0.123. The molecule has 0 spiro atoms. The Hall–Kier alpha value is -0.760. The molecule has 1 aliphatic rings. The van der Waals surface area contributed by atoms with E-state index in [0.717, 1.165) is 18.6 Å². The van der Waals surface area contributed by atoms with Gasteiger partial charge in [0.1, 0.15) is 0 Å². The standard InChI is InChI=1S/C9H14O2/c1-7(10-2)4-8-5-9(6-8)11-3/h5,9H,1,4,6H2,2-3H3/t9-/m0/s1. The highest BCUT2D eigenvalue weighted by Crippen LogP contribution is 2.26. The molecule has 0 aromatic heterocycles. The van der Waals surface area contributed by atoms with Crippen molar-refractivity contribution in [3.8, 4) is 0 Å². The van der Waals surface area contributed by atoms with E-state index >= 15 is 0 Å². The van der Waals surface area contributed by atoms with Gasteiger partial charge < -0.3 is 9.47 Å². The molecule has 0 fully saturated rings. The van der Waals surface area contributed by atoms with Gasteiger partial charge in [0.05, 0.1) is 19.0 Å². The van der Waals surface area contributed by atoms with Gasteiger partial charge in [-0.05, 0) is 6.42 Å². The van der Waals surface area contributed by atoms with E-state index in [9.17, 15) is 0 Å². The maximum Gasteiger partial charge on any atom is 0.0924 e. The molecule has 0 saturated heterocycles. The zero-order chi connectivity index (χ0) is 8.27. The molecule has 62 valence electrons. The van der Waals surface area contributed by atoms with Crippen molar-refractivity contribution in [3.05, 3.63) is 24.0 Å². The fourth-order valence-electron chi connectivity index (χ4n) is 1.10. The van der Waals surface area contributed by atoms with Crippen molar-refractivity contribution in [1.82, 2.24) is 0 Å². The van der Waals surface area contributed by atoms with E-state index in [1.54, 1.807) is 14.2 Å². The molecular weight excluding hydrogens is 140 g/mol. The predicted molar refractivity (Wildman–Crippen MR) is 44.3 cm³/mol. The second-order valence-electron chi connectivity index (χ2n) is 2.72. The van der Waals surface area contributed by atoms with E-state index in [0.29, 0.717) is 6.10 Å². The lowest BCUT2D eigenvalue weighted by atomic mass is 9.92. The van der Waals surface area contributed by atoms with Crippen molar-refractivity contribution in [2.24, 2.45) is 0 Å². The van der Waals surface area contributed by atoms with Gasteiger partial charge in [0, 0.05) is 13.5 Å². The summed E-state index contributed by atoms with van der Waals surface area (Å²) in [5.41, 5.74) is 1.36. The lowest BCUT2D eigenvalue weighted by Gasteiger charge is -2.24. The quantitative estimate of drug-likeness (QED) is 0.454. The molecule has 2 nitrogen and oxygen atoms in total. The minimum atomic E-state index is 0.328. The van der Waals surface area contributed by atoms with Crippen molar-refractivity contribution in [3.63, 3.8) is 0 Å². The van der Waals surface area contributed by atoms with Crippen molar-refractivity contribution in [2.45, 2.75) is 18.9 Å². The molecule has 0 bridgehead atoms. The lowest BCUT2D eigenvalue weighted by Crippen LogP contribution is -2.18. The molecule has 1 atom stereocenters. The topological polar surface area (TPSA) is 18.5 Å². The van der Waals surface area contributed by atoms with Crippen LogP contribution in [0.2, 0.25) is 0 Å². The van der Waals surface area contributed by atoms with Gasteiger partial charge >= 0.3 is 0 Å². The first-order chi connectivity index (χ1) is 5.26. The smallest absolute Gasteiger partial charge is 0.0924 e. The summed E-state index contributed by atoms with van der Waals surface area (Å²) in [6.07, 6.45) is 4.33. The molecule has 2 heteroatoms. The van der Waals surface area contributed by atoms with Gasteiger partial charge in [0.2, 0.25) is 0 Å². The number of hydrogen-bond acceptors (Lipinski definition) is 2. The monoisotopic (exact) mass is 154 g/mol. The molecule has 0 N–H and O–H groups in total. The van der Waals surface area contributed by atoms with Crippen LogP contribution in [0.4, 0.5) is 0 Å². The Morgan fingerprint density at radius 2 is 2.36 bits per heavy atom. The van der Waals surface area contributed by atoms with Crippen LogP contribution in [0.15, 0.2) is 24.0 Å². The third-order valence-electron chi connectivity index (χ3n) is 1.90. The zero-order valence-electron chi connectivity index (χ0n) is 7.09. The normalized spacial score (nSPS) is 22.0. The van der Waals surface area contributed by atoms with Crippen LogP contribution in [0.5, 0.6) is 0 Å². The first-order valence-electron chi connectivity index (χ1n) is 3.70. The van der Waals surface area contributed by atoms with Gasteiger partial charge in [-0.2, -0.15) is 0 Å². The molecule has 0 saturated carbocycles. The van der Waals surface area contributed by atoms with E-state index in [1.807, 2.05) is 0 Å². The molecule has 1 aliphatic carbocycles. The Labute approximate surface area is 67.5 Å². The van der Waals surface area contributed by atoms with Crippen LogP contribution in [0.1, 0.15) is 12.8 Å². The molecule has 0 radical (unpaired) electrons. The van der Waals surface area contributed by atoms with Crippen LogP contribution in [0, 0.1) is 0 Å². The maximum absolute atomic E-state index is 5.08. The van der Waals surface area contributed by atoms with E-state index in [-0.39, 0.29) is 0 Å². The summed E-state index contributed by atoms with van der Waals surface area (Å²) >= 11 is 0. The molecule has 11 heavy (non-hydrogen) atoms. The maximum atomic E-state index is 5.08. The Kier molecular flexibility index (Phi) is 2.71. The zero-order valence-corrected chi connectivity index (χ0v) is 7.09. The molecule has 1 rings (SSSR count). The minimum absolute atomic E-state index is 0.328. The summed E-state index contributed by atoms with van der Waals surface area (Å²) in [5.74, 6) is 0.825. The van der Waals surface area contributed by atoms with E-state index in [2.05, 4.69) is 12.7 Å². The van der Waals surface area contributed by atoms with Gasteiger partial charge in [-0.15, -0.1) is 0 Å². The second-order valence-corrected chi connectivity index (χ2v) is 2.72. The van der Waals surface area contributed by atoms with Crippen molar-refractivity contribution in [1.29, 1.82) is 0 Å². The Balaban J connectivity index is 2.26. The minimum Gasteiger partial charge on any atom is -0.501 e. The first kappa shape index (κ1) is 8.34. The SMILES string of the molecule is C=C(CC1=C[C@H](OC)C1)OC. The van der Waals surface area contributed by atoms with Crippen molar-refractivity contribution < 1.29 is 9.47 Å². The largest absolute Gasteiger partial charge is 0.501 e. The molecule has 0 heterocycles. The van der Waals surface area contributed by atoms with Gasteiger partial charge in [-0.25, -0.2) is 0 Å². The van der Waals surface area contributed by atoms with Crippen LogP contribution in [0.3, 0.4) is 0 Å². The average Bonchev–Trinajstić information content (AvgIpc) is 1.95. The van der Waals surface area contributed by atoms with Crippen LogP contribution < -0.4 is 0 Å². The van der Waals surface area contributed by atoms with Gasteiger partial charge in [-0.3, -0.25) is 0 Å². The predicted octanol–water partition coefficient (Wildman–Crippen LogP) is 1.88. The van der Waals surface area contributed by atoms with Crippen molar-refractivity contribution >= 4 is 0 Å². The van der Waals surface area contributed by atoms with Crippen LogP contribution >= 0.6 is 0 Å². The Morgan fingerprint density at radius 3 is 2.82 bits per heavy atom. The summed E-state index contributed by atoms with van der Waals surface area (Å²) in [4.78, 5) is 0. The fourth-order valence-corrected chi connectivity index (χ4v) is 1.10. The summed E-state index contributed by atoms with van der Waals surface area (Å²) in [6, 6.07) is 0. The number of hydrogen-bond donors (Lipinski definition) is 0. The number of ether oxygens (including phenoxy) is 2. The fraction of sp³-hybridized carbons (Fsp3) is 0.556. The average molecular weight is 154 g/mol. The third-order valence-corrected chi connectivity index (χ3v) is 1.90. The number of allylic oxidation sites excluding steroid dienone is 1. The van der Waals surface area contributed by atoms with Gasteiger partial charge in [0.25, 0.3) is 0 Å². The summed E-state index contributed by atoms with van der Waals surface area (Å²) in [6.45, 7) is 3.74. The Bertz CT molecular complexity index is 182. The third kappa shape index (κ3) is 2.09. The molecule has 0 amide bonds. The summed E-state index contributed by atoms with van der Waals surface area (Å²) in [5, 5.41) is 0. The molecule has 0 aromatic carbocycles. The van der Waals surface area contributed by atoms with E-state index < -0.39 is 0 Å². The number of methoxy groups -OCH3 is 2. The van der Waals surface area contributed by atoms with E-state index in [1.165, 1.54) is 5.57 Å². The van der Waals surface area contributed by atoms with Crippen molar-refractivity contribution in [2.75, 3.05) is 14.2 Å². The Morgan fingerprint density at radius 1 is 1.73 bits per heavy atom. The second kappa shape index (κ2) is 3.58. The molecule has 0 unspecified atom stereocenters. The van der Waals surface area contributed by atoms with Crippen LogP contribution in [-0.4, -0.2) is 20.3 Å². The molecule has 0 aliphatic heterocycles. The summed E-state index contributed by atoms with van der Waals surface area (Å²) in [7, 11) is 3.37. The highest BCUT2D eigenvalue weighted by molar-refractivity contribution is 5.22. The van der Waals surface area contributed by atoms with Gasteiger partial charge in [-0.1, -0.05) is 18.2 Å². The summed E-state index contributed by atoms with van der Waals surface area (Å²) < 4.78 is 10.0. The molecule has 0 aromatic rings. The highest BCUT2D eigenvalue weighted by atomic mass is 16.5. The first-order valence-corrected chi connectivity index (χ1v) is 3.70. The van der Waals surface area contributed by atoms with Gasteiger partial charge in [0.15, 0.2) is 0 Å². The van der Waals surface area contributed by atoms with Crippen LogP contribution in [-0.2, 0) is 9.47 Å². The molecular formula is C9H14O2.